The summed E-state index contributed by atoms with van der Waals surface area (Å²) in [6.07, 6.45) is 1.42. The number of carbonyl (C=O) groups excluding carboxylic acids is 2. The number of aromatic nitrogens is 2. The molecule has 0 aliphatic heterocycles. The largest absolute Gasteiger partial charge is 0.493 e. The van der Waals surface area contributed by atoms with E-state index in [1.54, 1.807) is 51.8 Å². The van der Waals surface area contributed by atoms with Gasteiger partial charge in [-0.05, 0) is 64.9 Å². The second kappa shape index (κ2) is 14.3. The molecule has 0 radical (unpaired) electrons. The minimum atomic E-state index is -0.592. The van der Waals surface area contributed by atoms with Crippen LogP contribution in [0.15, 0.2) is 30.6 Å². The fourth-order valence-corrected chi connectivity index (χ4v) is 4.08. The minimum Gasteiger partial charge on any atom is -0.493 e. The molecule has 11 nitrogen and oxygen atoms in total. The molecule has 0 aliphatic carbocycles. The Labute approximate surface area is 249 Å². The van der Waals surface area contributed by atoms with Crippen molar-refractivity contribution in [3.05, 3.63) is 47.0 Å². The fourth-order valence-electron chi connectivity index (χ4n) is 3.91. The van der Waals surface area contributed by atoms with E-state index >= 15 is 0 Å². The molecule has 13 heteroatoms. The van der Waals surface area contributed by atoms with Gasteiger partial charge in [0.25, 0.3) is 0 Å². The lowest BCUT2D eigenvalue weighted by atomic mass is 10.1. The van der Waals surface area contributed by atoms with E-state index < -0.39 is 29.5 Å². The van der Waals surface area contributed by atoms with E-state index in [-0.39, 0.29) is 18.2 Å². The zero-order valence-electron chi connectivity index (χ0n) is 24.8. The number of nitrogens with zero attached hydrogens (tertiary/aromatic N) is 3. The van der Waals surface area contributed by atoms with Crippen molar-refractivity contribution in [2.45, 2.75) is 52.3 Å². The number of carbonyl (C=O) groups is 2. The monoisotopic (exact) mass is 605 g/mol. The van der Waals surface area contributed by atoms with Gasteiger partial charge >= 0.3 is 12.1 Å². The summed E-state index contributed by atoms with van der Waals surface area (Å²) in [6.45, 7) is 7.95. The SMILES string of the molecule is COC(=O)[C@H](C)N(C)Cc1cc(F)c(Cl)cc1Nc1ncnc2cc(OC)c(OCCCNC(=O)OC(C)(C)C)cc12. The first kappa shape index (κ1) is 32.6. The summed E-state index contributed by atoms with van der Waals surface area (Å²) < 4.78 is 36.0. The molecule has 1 heterocycles. The summed E-state index contributed by atoms with van der Waals surface area (Å²) in [5.74, 6) is 0.336. The number of nitrogens with one attached hydrogen (secondary N) is 2. The Morgan fingerprint density at radius 1 is 1.12 bits per heavy atom. The zero-order valence-corrected chi connectivity index (χ0v) is 25.6. The highest BCUT2D eigenvalue weighted by Crippen LogP contribution is 2.36. The number of methoxy groups -OCH3 is 2. The standard InChI is InChI=1S/C29H37ClFN5O6/c1-17(27(37)40-7)36(5)15-18-11-21(31)20(30)13-22(18)35-26-19-12-25(24(39-6)14-23(19)33-16-34-26)41-10-8-9-32-28(38)42-29(2,3)4/h11-14,16-17H,8-10,15H2,1-7H3,(H,32,38)(H,33,34,35)/t17-/m0/s1. The second-order valence-corrected chi connectivity index (χ2v) is 10.9. The number of amides is 1. The van der Waals surface area contributed by atoms with Gasteiger partial charge in [0, 0.05) is 30.2 Å². The summed E-state index contributed by atoms with van der Waals surface area (Å²) in [6, 6.07) is 5.69. The van der Waals surface area contributed by atoms with Gasteiger partial charge in [-0.1, -0.05) is 11.6 Å². The van der Waals surface area contributed by atoms with Crippen LogP contribution in [0.5, 0.6) is 11.5 Å². The Balaban J connectivity index is 1.83. The molecule has 0 saturated carbocycles. The van der Waals surface area contributed by atoms with Crippen LogP contribution in [0, 0.1) is 5.82 Å². The second-order valence-electron chi connectivity index (χ2n) is 10.5. The smallest absolute Gasteiger partial charge is 0.407 e. The predicted octanol–water partition coefficient (Wildman–Crippen LogP) is 5.46. The Bertz CT molecular complexity index is 1420. The molecule has 0 spiro atoms. The van der Waals surface area contributed by atoms with Crippen molar-refractivity contribution in [3.63, 3.8) is 0 Å². The van der Waals surface area contributed by atoms with E-state index in [2.05, 4.69) is 20.6 Å². The van der Waals surface area contributed by atoms with Gasteiger partial charge in [-0.3, -0.25) is 9.69 Å². The van der Waals surface area contributed by atoms with Crippen LogP contribution in [-0.2, 0) is 20.8 Å². The van der Waals surface area contributed by atoms with Crippen LogP contribution in [0.3, 0.4) is 0 Å². The van der Waals surface area contributed by atoms with Crippen LogP contribution in [0.25, 0.3) is 10.9 Å². The number of esters is 1. The highest BCUT2D eigenvalue weighted by atomic mass is 35.5. The topological polar surface area (TPSA) is 124 Å². The zero-order chi connectivity index (χ0) is 31.0. The lowest BCUT2D eigenvalue weighted by Crippen LogP contribution is -2.36. The van der Waals surface area contributed by atoms with Crippen molar-refractivity contribution in [2.24, 2.45) is 0 Å². The normalized spacial score (nSPS) is 12.1. The Kier molecular flexibility index (Phi) is 11.1. The van der Waals surface area contributed by atoms with Gasteiger partial charge in [0.2, 0.25) is 0 Å². The first-order valence-corrected chi connectivity index (χ1v) is 13.7. The van der Waals surface area contributed by atoms with Crippen LogP contribution in [-0.4, -0.2) is 73.0 Å². The van der Waals surface area contributed by atoms with Crippen molar-refractivity contribution < 1.29 is 32.9 Å². The summed E-state index contributed by atoms with van der Waals surface area (Å²) >= 11 is 6.13. The number of rotatable bonds is 12. The van der Waals surface area contributed by atoms with E-state index in [1.165, 1.54) is 32.7 Å². The van der Waals surface area contributed by atoms with E-state index in [4.69, 9.17) is 30.5 Å². The number of hydrogen-bond donors (Lipinski definition) is 2. The highest BCUT2D eigenvalue weighted by molar-refractivity contribution is 6.31. The molecular weight excluding hydrogens is 569 g/mol. The van der Waals surface area contributed by atoms with Crippen molar-refractivity contribution in [1.82, 2.24) is 20.2 Å². The molecule has 3 rings (SSSR count). The molecule has 0 aliphatic rings. The van der Waals surface area contributed by atoms with Gasteiger partial charge in [0.15, 0.2) is 11.5 Å². The lowest BCUT2D eigenvalue weighted by Gasteiger charge is -2.24. The maximum Gasteiger partial charge on any atom is 0.407 e. The van der Waals surface area contributed by atoms with Gasteiger partial charge in [-0.15, -0.1) is 0 Å². The fraction of sp³-hybridized carbons (Fsp3) is 0.448. The van der Waals surface area contributed by atoms with Crippen LogP contribution >= 0.6 is 11.6 Å². The number of alkyl carbamates (subject to hydrolysis) is 1. The van der Waals surface area contributed by atoms with Gasteiger partial charge in [0.05, 0.1) is 31.4 Å². The van der Waals surface area contributed by atoms with E-state index in [0.29, 0.717) is 52.4 Å². The summed E-state index contributed by atoms with van der Waals surface area (Å²) in [4.78, 5) is 34.4. The van der Waals surface area contributed by atoms with Crippen molar-refractivity contribution in [1.29, 1.82) is 0 Å². The van der Waals surface area contributed by atoms with Gasteiger partial charge in [0.1, 0.15) is 29.6 Å². The number of halogens is 2. The quantitative estimate of drug-likeness (QED) is 0.203. The maximum atomic E-state index is 14.5. The number of ether oxygens (including phenoxy) is 4. The van der Waals surface area contributed by atoms with Crippen LogP contribution in [0.4, 0.5) is 20.7 Å². The van der Waals surface area contributed by atoms with E-state index in [1.807, 2.05) is 0 Å². The summed E-state index contributed by atoms with van der Waals surface area (Å²) in [7, 11) is 4.57. The molecule has 3 aromatic rings. The third-order valence-corrected chi connectivity index (χ3v) is 6.48. The Morgan fingerprint density at radius 2 is 1.86 bits per heavy atom. The minimum absolute atomic E-state index is 0.0750. The predicted molar refractivity (Wildman–Crippen MR) is 158 cm³/mol. The van der Waals surface area contributed by atoms with Crippen LogP contribution < -0.4 is 20.1 Å². The van der Waals surface area contributed by atoms with Crippen LogP contribution in [0.2, 0.25) is 5.02 Å². The average Bonchev–Trinajstić information content (AvgIpc) is 2.93. The third-order valence-electron chi connectivity index (χ3n) is 6.19. The molecule has 1 amide bonds. The average molecular weight is 606 g/mol. The number of likely N-dealkylation sites (N-methyl/N-ethyl adjacent to an activating group) is 1. The van der Waals surface area contributed by atoms with Crippen molar-refractivity contribution in [2.75, 3.05) is 39.7 Å². The molecule has 1 atom stereocenters. The molecule has 228 valence electrons. The summed E-state index contributed by atoms with van der Waals surface area (Å²) in [5, 5.41) is 6.47. The number of fused-ring (bicyclic) bond motifs is 1. The first-order chi connectivity index (χ1) is 19.8. The Hall–Kier alpha value is -3.90. The molecule has 2 aromatic carbocycles. The van der Waals surface area contributed by atoms with E-state index in [0.717, 1.165) is 0 Å². The van der Waals surface area contributed by atoms with Crippen LogP contribution in [0.1, 0.15) is 39.7 Å². The van der Waals surface area contributed by atoms with Crippen molar-refractivity contribution in [3.8, 4) is 11.5 Å². The summed E-state index contributed by atoms with van der Waals surface area (Å²) in [5.41, 5.74) is 1.04. The lowest BCUT2D eigenvalue weighted by molar-refractivity contribution is -0.145. The molecule has 0 unspecified atom stereocenters. The highest BCUT2D eigenvalue weighted by Gasteiger charge is 2.21. The van der Waals surface area contributed by atoms with Gasteiger partial charge in [-0.2, -0.15) is 0 Å². The molecule has 42 heavy (non-hydrogen) atoms. The van der Waals surface area contributed by atoms with Gasteiger partial charge in [-0.25, -0.2) is 19.2 Å². The third kappa shape index (κ3) is 8.80. The number of benzene rings is 2. The van der Waals surface area contributed by atoms with Crippen molar-refractivity contribution >= 4 is 46.1 Å². The molecule has 2 N–H and O–H groups in total. The molecule has 1 aromatic heterocycles. The van der Waals surface area contributed by atoms with E-state index in [9.17, 15) is 14.0 Å². The maximum absolute atomic E-state index is 14.5. The first-order valence-electron chi connectivity index (χ1n) is 13.3. The Morgan fingerprint density at radius 3 is 2.52 bits per heavy atom. The molecular formula is C29H37ClFN5O6. The molecule has 0 bridgehead atoms. The molecule has 0 fully saturated rings. The molecule has 0 saturated heterocycles. The number of anilines is 2. The van der Waals surface area contributed by atoms with Gasteiger partial charge < -0.3 is 29.6 Å². The number of hydrogen-bond acceptors (Lipinski definition) is 10.